The molecule has 4 rings (SSSR count). The van der Waals surface area contributed by atoms with Crippen LogP contribution in [0.15, 0.2) is 40.1 Å². The van der Waals surface area contributed by atoms with E-state index in [9.17, 15) is 14.4 Å². The summed E-state index contributed by atoms with van der Waals surface area (Å²) in [6.45, 7) is 9.55. The first kappa shape index (κ1) is 22.5. The summed E-state index contributed by atoms with van der Waals surface area (Å²) in [4.78, 5) is 45.8. The van der Waals surface area contributed by atoms with Gasteiger partial charge in [0.15, 0.2) is 5.13 Å². The number of nitrogens with zero attached hydrogens (tertiary/aromatic N) is 3. The van der Waals surface area contributed by atoms with Crippen LogP contribution in [-0.4, -0.2) is 58.7 Å². The number of carbonyl (C=O) groups is 3. The number of rotatable bonds is 6. The summed E-state index contributed by atoms with van der Waals surface area (Å²) in [5.74, 6) is 0.0705. The van der Waals surface area contributed by atoms with E-state index < -0.39 is 0 Å². The molecular formula is C23H26N4O3S2. The lowest BCUT2D eigenvalue weighted by atomic mass is 10.0. The number of piperazine rings is 1. The molecule has 0 bridgehead atoms. The molecule has 1 aliphatic carbocycles. The highest BCUT2D eigenvalue weighted by molar-refractivity contribution is 8.01. The molecule has 0 radical (unpaired) electrons. The second-order valence-corrected chi connectivity index (χ2v) is 10.5. The fourth-order valence-electron chi connectivity index (χ4n) is 3.63. The van der Waals surface area contributed by atoms with E-state index in [1.54, 1.807) is 27.8 Å². The molecule has 2 heterocycles. The van der Waals surface area contributed by atoms with E-state index in [1.165, 1.54) is 17.4 Å². The molecular weight excluding hydrogens is 444 g/mol. The Morgan fingerprint density at radius 1 is 1.12 bits per heavy atom. The van der Waals surface area contributed by atoms with Gasteiger partial charge in [0.05, 0.1) is 10.4 Å². The number of anilines is 1. The van der Waals surface area contributed by atoms with Gasteiger partial charge in [-0.2, -0.15) is 0 Å². The number of amides is 3. The summed E-state index contributed by atoms with van der Waals surface area (Å²) in [6, 6.07) is 3.98. The molecule has 1 aromatic carbocycles. The van der Waals surface area contributed by atoms with E-state index >= 15 is 0 Å². The van der Waals surface area contributed by atoms with Crippen molar-refractivity contribution in [3.8, 4) is 0 Å². The normalized spacial score (nSPS) is 16.1. The van der Waals surface area contributed by atoms with Gasteiger partial charge in [0.25, 0.3) is 5.91 Å². The van der Waals surface area contributed by atoms with Crippen molar-refractivity contribution >= 4 is 46.0 Å². The third-order valence-electron chi connectivity index (χ3n) is 5.68. The summed E-state index contributed by atoms with van der Waals surface area (Å²) < 4.78 is 0.956. The lowest BCUT2D eigenvalue weighted by molar-refractivity contribution is -0.127. The smallest absolute Gasteiger partial charge is 0.254 e. The first-order chi connectivity index (χ1) is 15.4. The highest BCUT2D eigenvalue weighted by Crippen LogP contribution is 2.38. The lowest BCUT2D eigenvalue weighted by Gasteiger charge is -2.34. The summed E-state index contributed by atoms with van der Waals surface area (Å²) >= 11 is 2.99. The molecule has 3 amide bonds. The van der Waals surface area contributed by atoms with E-state index in [2.05, 4.69) is 16.9 Å². The maximum atomic E-state index is 13.2. The molecule has 1 saturated carbocycles. The molecule has 1 aromatic heterocycles. The van der Waals surface area contributed by atoms with Gasteiger partial charge in [-0.3, -0.25) is 14.4 Å². The highest BCUT2D eigenvalue weighted by Gasteiger charge is 2.30. The zero-order valence-electron chi connectivity index (χ0n) is 18.2. The van der Waals surface area contributed by atoms with Crippen molar-refractivity contribution in [2.75, 3.05) is 31.5 Å². The minimum Gasteiger partial charge on any atom is -0.336 e. The molecule has 1 aliphatic heterocycles. The molecule has 168 valence electrons. The van der Waals surface area contributed by atoms with E-state index in [0.717, 1.165) is 33.1 Å². The Morgan fingerprint density at radius 3 is 2.47 bits per heavy atom. The van der Waals surface area contributed by atoms with Gasteiger partial charge in [-0.1, -0.05) is 35.7 Å². The minimum atomic E-state index is -0.0976. The summed E-state index contributed by atoms with van der Waals surface area (Å²) in [7, 11) is 0. The monoisotopic (exact) mass is 470 g/mol. The van der Waals surface area contributed by atoms with E-state index in [4.69, 9.17) is 0 Å². The minimum absolute atomic E-state index is 0.0169. The predicted molar refractivity (Wildman–Crippen MR) is 126 cm³/mol. The van der Waals surface area contributed by atoms with Crippen LogP contribution >= 0.6 is 23.1 Å². The van der Waals surface area contributed by atoms with E-state index in [1.807, 2.05) is 26.0 Å². The van der Waals surface area contributed by atoms with Gasteiger partial charge in [-0.15, -0.1) is 0 Å². The van der Waals surface area contributed by atoms with Crippen molar-refractivity contribution in [1.29, 1.82) is 0 Å². The Balaban J connectivity index is 1.45. The van der Waals surface area contributed by atoms with Crippen LogP contribution < -0.4 is 5.32 Å². The van der Waals surface area contributed by atoms with Crippen LogP contribution in [0.2, 0.25) is 0 Å². The predicted octanol–water partition coefficient (Wildman–Crippen LogP) is 3.73. The van der Waals surface area contributed by atoms with Gasteiger partial charge >= 0.3 is 0 Å². The second kappa shape index (κ2) is 9.46. The lowest BCUT2D eigenvalue weighted by Crippen LogP contribution is -2.50. The van der Waals surface area contributed by atoms with Crippen LogP contribution in [0.25, 0.3) is 0 Å². The standard InChI is InChI=1S/C23H26N4O3S2/c1-4-19(28)26-7-9-27(10-8-26)22(30)17-12-18(15(3)11-14(17)2)31-20-13-24-23(32-20)25-21(29)16-5-6-16/h4,11-13,16H,1,5-10H2,2-3H3,(H,24,25,29). The average Bonchev–Trinajstić information content (AvgIpc) is 3.56. The summed E-state index contributed by atoms with van der Waals surface area (Å²) in [5.41, 5.74) is 2.69. The van der Waals surface area contributed by atoms with Gasteiger partial charge in [0.2, 0.25) is 11.8 Å². The average molecular weight is 471 g/mol. The fraction of sp³-hybridized carbons (Fsp3) is 0.391. The first-order valence-electron chi connectivity index (χ1n) is 10.6. The molecule has 2 aliphatic rings. The van der Waals surface area contributed by atoms with Crippen molar-refractivity contribution in [3.05, 3.63) is 47.7 Å². The largest absolute Gasteiger partial charge is 0.336 e. The molecule has 0 spiro atoms. The van der Waals surface area contributed by atoms with Crippen LogP contribution in [0.1, 0.15) is 34.3 Å². The topological polar surface area (TPSA) is 82.6 Å². The number of benzene rings is 1. The zero-order chi connectivity index (χ0) is 22.8. The molecule has 2 aromatic rings. The van der Waals surface area contributed by atoms with Gasteiger partial charge in [0, 0.05) is 42.6 Å². The second-order valence-electron chi connectivity index (χ2n) is 8.10. The van der Waals surface area contributed by atoms with Crippen molar-refractivity contribution in [2.24, 2.45) is 5.92 Å². The van der Waals surface area contributed by atoms with Crippen molar-refractivity contribution in [2.45, 2.75) is 35.8 Å². The maximum absolute atomic E-state index is 13.2. The molecule has 7 nitrogen and oxygen atoms in total. The third kappa shape index (κ3) is 5.05. The van der Waals surface area contributed by atoms with Gasteiger partial charge in [-0.25, -0.2) is 4.98 Å². The van der Waals surface area contributed by atoms with Crippen LogP contribution in [0, 0.1) is 19.8 Å². The van der Waals surface area contributed by atoms with E-state index in [0.29, 0.717) is 36.9 Å². The highest BCUT2D eigenvalue weighted by atomic mass is 32.2. The SMILES string of the molecule is C=CC(=O)N1CCN(C(=O)c2cc(Sc3cnc(NC(=O)C4CC4)s3)c(C)cc2C)CC1. The van der Waals surface area contributed by atoms with Crippen LogP contribution in [-0.2, 0) is 9.59 Å². The number of aryl methyl sites for hydroxylation is 2. The Bertz CT molecular complexity index is 1070. The number of carbonyl (C=O) groups excluding carboxylic acids is 3. The summed E-state index contributed by atoms with van der Waals surface area (Å²) in [5, 5.41) is 3.49. The Morgan fingerprint density at radius 2 is 1.81 bits per heavy atom. The van der Waals surface area contributed by atoms with E-state index in [-0.39, 0.29) is 23.6 Å². The first-order valence-corrected chi connectivity index (χ1v) is 12.3. The van der Waals surface area contributed by atoms with Gasteiger partial charge < -0.3 is 15.1 Å². The summed E-state index contributed by atoms with van der Waals surface area (Å²) in [6.07, 6.45) is 4.98. The Kier molecular flexibility index (Phi) is 6.66. The number of nitrogens with one attached hydrogen (secondary N) is 1. The van der Waals surface area contributed by atoms with Crippen molar-refractivity contribution in [3.63, 3.8) is 0 Å². The molecule has 9 heteroatoms. The van der Waals surface area contributed by atoms with Crippen LogP contribution in [0.3, 0.4) is 0 Å². The zero-order valence-corrected chi connectivity index (χ0v) is 19.9. The molecule has 1 saturated heterocycles. The molecule has 32 heavy (non-hydrogen) atoms. The van der Waals surface area contributed by atoms with Crippen molar-refractivity contribution in [1.82, 2.24) is 14.8 Å². The Labute approximate surface area is 195 Å². The van der Waals surface area contributed by atoms with Crippen molar-refractivity contribution < 1.29 is 14.4 Å². The van der Waals surface area contributed by atoms with Crippen LogP contribution in [0.5, 0.6) is 0 Å². The quantitative estimate of drug-likeness (QED) is 0.651. The number of hydrogen-bond donors (Lipinski definition) is 1. The number of hydrogen-bond acceptors (Lipinski definition) is 6. The molecule has 0 atom stereocenters. The van der Waals surface area contributed by atoms with Gasteiger partial charge in [-0.05, 0) is 50.0 Å². The third-order valence-corrected chi connectivity index (χ3v) is 7.85. The fourth-order valence-corrected chi connectivity index (χ4v) is 5.57. The molecule has 0 unspecified atom stereocenters. The maximum Gasteiger partial charge on any atom is 0.254 e. The van der Waals surface area contributed by atoms with Crippen LogP contribution in [0.4, 0.5) is 5.13 Å². The number of thiazole rings is 1. The molecule has 1 N–H and O–H groups in total. The molecule has 2 fully saturated rings. The van der Waals surface area contributed by atoms with Gasteiger partial charge in [0.1, 0.15) is 0 Å². The number of aromatic nitrogens is 1. The Hall–Kier alpha value is -2.65.